The molecule has 1 aliphatic carbocycles. The number of benzene rings is 1. The van der Waals surface area contributed by atoms with Gasteiger partial charge in [0.25, 0.3) is 0 Å². The van der Waals surface area contributed by atoms with Crippen molar-refractivity contribution in [1.29, 1.82) is 0 Å². The summed E-state index contributed by atoms with van der Waals surface area (Å²) in [5.41, 5.74) is 2.51. The van der Waals surface area contributed by atoms with Crippen LogP contribution in [-0.4, -0.2) is 30.4 Å². The Morgan fingerprint density at radius 1 is 1.09 bits per heavy atom. The van der Waals surface area contributed by atoms with Crippen molar-refractivity contribution in [2.45, 2.75) is 26.3 Å². The first-order valence-electron chi connectivity index (χ1n) is 7.94. The second-order valence-corrected chi connectivity index (χ2v) is 6.48. The number of likely N-dealkylation sites (tertiary alicyclic amines) is 1. The largest absolute Gasteiger partial charge is 0.316 e. The standard InChI is InChI=1S/C18H22N2O2/c1-13-7-3-4-8-14(13)11-19(2)12-20-17(21)15-9-5-6-10-16(15)18(20)22/h3-8,15-16H,9-12H2,1-2H3/p+1/t15-,16+. The van der Waals surface area contributed by atoms with E-state index in [0.29, 0.717) is 19.5 Å². The van der Waals surface area contributed by atoms with E-state index in [1.54, 1.807) is 0 Å². The van der Waals surface area contributed by atoms with Gasteiger partial charge in [0.2, 0.25) is 11.8 Å². The van der Waals surface area contributed by atoms with Gasteiger partial charge < -0.3 is 4.90 Å². The number of nitrogens with one attached hydrogen (secondary N) is 1. The third-order valence-electron chi connectivity index (χ3n) is 4.78. The lowest BCUT2D eigenvalue weighted by atomic mass is 9.85. The zero-order valence-corrected chi connectivity index (χ0v) is 13.2. The minimum Gasteiger partial charge on any atom is -0.316 e. The van der Waals surface area contributed by atoms with Crippen LogP contribution in [0.2, 0.25) is 0 Å². The average Bonchev–Trinajstić information content (AvgIpc) is 2.75. The highest BCUT2D eigenvalue weighted by atomic mass is 16.2. The summed E-state index contributed by atoms with van der Waals surface area (Å²) in [6.07, 6.45) is 5.48. The summed E-state index contributed by atoms with van der Waals surface area (Å²) in [5.74, 6) is -0.209. The number of amides is 2. The lowest BCUT2D eigenvalue weighted by molar-refractivity contribution is -0.901. The third kappa shape index (κ3) is 2.71. The Kier molecular flexibility index (Phi) is 4.12. The minimum absolute atomic E-state index is 0.0171. The van der Waals surface area contributed by atoms with Crippen LogP contribution in [0.3, 0.4) is 0 Å². The molecule has 0 radical (unpaired) electrons. The van der Waals surface area contributed by atoms with Crippen LogP contribution in [-0.2, 0) is 16.1 Å². The summed E-state index contributed by atoms with van der Waals surface area (Å²) in [6.45, 7) is 3.37. The average molecular weight is 299 g/mol. The summed E-state index contributed by atoms with van der Waals surface area (Å²) < 4.78 is 0. The van der Waals surface area contributed by atoms with Gasteiger partial charge in [-0.2, -0.15) is 0 Å². The molecule has 1 fully saturated rings. The van der Waals surface area contributed by atoms with Gasteiger partial charge in [-0.1, -0.05) is 36.4 Å². The Bertz CT molecular complexity index is 597. The molecule has 3 rings (SSSR count). The van der Waals surface area contributed by atoms with E-state index in [1.165, 1.54) is 16.0 Å². The molecule has 1 aromatic rings. The van der Waals surface area contributed by atoms with E-state index in [0.717, 1.165) is 11.4 Å². The van der Waals surface area contributed by atoms with Crippen LogP contribution in [0.4, 0.5) is 0 Å². The molecule has 0 bridgehead atoms. The molecule has 1 N–H and O–H groups in total. The summed E-state index contributed by atoms with van der Waals surface area (Å²) in [5, 5.41) is 0. The van der Waals surface area contributed by atoms with Gasteiger partial charge in [0.05, 0.1) is 18.9 Å². The normalized spacial score (nSPS) is 25.5. The molecule has 1 heterocycles. The topological polar surface area (TPSA) is 41.8 Å². The maximum Gasteiger partial charge on any atom is 0.237 e. The highest BCUT2D eigenvalue weighted by Gasteiger charge is 2.48. The maximum atomic E-state index is 12.5. The second-order valence-electron chi connectivity index (χ2n) is 6.48. The van der Waals surface area contributed by atoms with Crippen LogP contribution in [0.15, 0.2) is 36.4 Å². The van der Waals surface area contributed by atoms with Gasteiger partial charge >= 0.3 is 0 Å². The van der Waals surface area contributed by atoms with Crippen LogP contribution in [0.25, 0.3) is 0 Å². The van der Waals surface area contributed by atoms with Crippen molar-refractivity contribution in [2.75, 3.05) is 13.7 Å². The van der Waals surface area contributed by atoms with Gasteiger partial charge in [-0.05, 0) is 25.3 Å². The summed E-state index contributed by atoms with van der Waals surface area (Å²) >= 11 is 0. The van der Waals surface area contributed by atoms with Crippen LogP contribution >= 0.6 is 0 Å². The van der Waals surface area contributed by atoms with Crippen molar-refractivity contribution in [1.82, 2.24) is 4.90 Å². The van der Waals surface area contributed by atoms with Gasteiger partial charge in [-0.15, -0.1) is 0 Å². The number of hydrogen-bond acceptors (Lipinski definition) is 2. The van der Waals surface area contributed by atoms with Gasteiger partial charge in [0.15, 0.2) is 6.67 Å². The van der Waals surface area contributed by atoms with Crippen molar-refractivity contribution >= 4 is 11.8 Å². The van der Waals surface area contributed by atoms with Crippen LogP contribution < -0.4 is 4.90 Å². The number of aryl methyl sites for hydroxylation is 1. The minimum atomic E-state index is -0.122. The summed E-state index contributed by atoms with van der Waals surface area (Å²) in [4.78, 5) is 27.6. The molecule has 4 nitrogen and oxygen atoms in total. The number of fused-ring (bicyclic) bond motifs is 1. The molecule has 22 heavy (non-hydrogen) atoms. The van der Waals surface area contributed by atoms with Crippen LogP contribution in [0.5, 0.6) is 0 Å². The van der Waals surface area contributed by atoms with E-state index < -0.39 is 0 Å². The Hall–Kier alpha value is -1.94. The number of nitrogens with zero attached hydrogens (tertiary/aromatic N) is 1. The fourth-order valence-electron chi connectivity index (χ4n) is 3.48. The van der Waals surface area contributed by atoms with Gasteiger partial charge in [-0.3, -0.25) is 9.59 Å². The number of quaternary nitrogens is 1. The number of imide groups is 1. The van der Waals surface area contributed by atoms with Crippen molar-refractivity contribution in [3.8, 4) is 0 Å². The number of carbonyl (C=O) groups is 2. The quantitative estimate of drug-likeness (QED) is 0.663. The van der Waals surface area contributed by atoms with E-state index in [2.05, 4.69) is 19.1 Å². The zero-order chi connectivity index (χ0) is 15.7. The molecule has 4 heteroatoms. The number of hydrogen-bond donors (Lipinski definition) is 1. The highest BCUT2D eigenvalue weighted by molar-refractivity contribution is 6.05. The van der Waals surface area contributed by atoms with E-state index in [9.17, 15) is 9.59 Å². The molecular formula is C18H23N2O2+. The van der Waals surface area contributed by atoms with Crippen LogP contribution in [0.1, 0.15) is 24.0 Å². The van der Waals surface area contributed by atoms with Gasteiger partial charge in [-0.25, -0.2) is 4.90 Å². The van der Waals surface area contributed by atoms with Crippen molar-refractivity contribution < 1.29 is 14.5 Å². The Balaban J connectivity index is 1.67. The molecular weight excluding hydrogens is 276 g/mol. The van der Waals surface area contributed by atoms with Crippen molar-refractivity contribution in [2.24, 2.45) is 11.8 Å². The second kappa shape index (κ2) is 6.05. The van der Waals surface area contributed by atoms with Crippen LogP contribution in [0, 0.1) is 18.8 Å². The molecule has 1 aliphatic heterocycles. The number of carbonyl (C=O) groups excluding carboxylic acids is 2. The molecule has 1 aromatic carbocycles. The summed E-state index contributed by atoms with van der Waals surface area (Å²) in [6, 6.07) is 8.26. The number of rotatable bonds is 4. The van der Waals surface area contributed by atoms with Gasteiger partial charge in [0.1, 0.15) is 6.54 Å². The number of allylic oxidation sites excluding steroid dienone is 2. The SMILES string of the molecule is Cc1ccccc1C[NH+](C)CN1C(=O)[C@H]2CC=CC[C@H]2C1=O. The first-order chi connectivity index (χ1) is 10.6. The molecule has 0 aromatic heterocycles. The molecule has 0 saturated carbocycles. The van der Waals surface area contributed by atoms with Crippen molar-refractivity contribution in [3.63, 3.8) is 0 Å². The predicted molar refractivity (Wildman–Crippen MR) is 83.8 cm³/mol. The fraction of sp³-hybridized carbons (Fsp3) is 0.444. The molecule has 116 valence electrons. The Labute approximate surface area is 131 Å². The maximum absolute atomic E-state index is 12.5. The van der Waals surface area contributed by atoms with E-state index >= 15 is 0 Å². The van der Waals surface area contributed by atoms with Gasteiger partial charge in [0, 0.05) is 5.56 Å². The van der Waals surface area contributed by atoms with Crippen molar-refractivity contribution in [3.05, 3.63) is 47.5 Å². The summed E-state index contributed by atoms with van der Waals surface area (Å²) in [7, 11) is 2.03. The molecule has 0 spiro atoms. The molecule has 2 aliphatic rings. The molecule has 2 amide bonds. The van der Waals surface area contributed by atoms with E-state index in [-0.39, 0.29) is 23.7 Å². The first-order valence-corrected chi connectivity index (χ1v) is 7.94. The fourth-order valence-corrected chi connectivity index (χ4v) is 3.48. The third-order valence-corrected chi connectivity index (χ3v) is 4.78. The monoisotopic (exact) mass is 299 g/mol. The Morgan fingerprint density at radius 2 is 1.68 bits per heavy atom. The first kappa shape index (κ1) is 15.0. The zero-order valence-electron chi connectivity index (χ0n) is 13.2. The van der Waals surface area contributed by atoms with E-state index in [4.69, 9.17) is 0 Å². The molecule has 1 unspecified atom stereocenters. The predicted octanol–water partition coefficient (Wildman–Crippen LogP) is 0.918. The molecule has 1 saturated heterocycles. The molecule has 3 atom stereocenters. The lowest BCUT2D eigenvalue weighted by Crippen LogP contribution is -3.09. The smallest absolute Gasteiger partial charge is 0.237 e. The highest BCUT2D eigenvalue weighted by Crippen LogP contribution is 2.34. The van der Waals surface area contributed by atoms with E-state index in [1.807, 2.05) is 31.3 Å². The lowest BCUT2D eigenvalue weighted by Gasteiger charge is -2.21. The Morgan fingerprint density at radius 3 is 2.27 bits per heavy atom.